The topological polar surface area (TPSA) is 75.3 Å². The fourth-order valence-corrected chi connectivity index (χ4v) is 4.27. The molecule has 0 fully saturated rings. The average molecular weight is 407 g/mol. The first-order valence-electron chi connectivity index (χ1n) is 7.63. The molecule has 1 aromatic heterocycles. The predicted octanol–water partition coefficient (Wildman–Crippen LogP) is 4.38. The van der Waals surface area contributed by atoms with Crippen molar-refractivity contribution < 1.29 is 13.2 Å². The number of thiophene rings is 1. The van der Waals surface area contributed by atoms with E-state index in [0.717, 1.165) is 4.88 Å². The Morgan fingerprint density at radius 3 is 2.50 bits per heavy atom. The molecule has 0 aliphatic rings. The zero-order valence-corrected chi connectivity index (χ0v) is 15.9. The first kappa shape index (κ1) is 18.4. The van der Waals surface area contributed by atoms with E-state index >= 15 is 0 Å². The number of rotatable bonds is 6. The summed E-state index contributed by atoms with van der Waals surface area (Å²) < 4.78 is 27.6. The minimum Gasteiger partial charge on any atom is -0.326 e. The average Bonchev–Trinajstić information content (AvgIpc) is 3.07. The Bertz CT molecular complexity index is 1020. The van der Waals surface area contributed by atoms with Gasteiger partial charge in [-0.05, 0) is 47.8 Å². The summed E-state index contributed by atoms with van der Waals surface area (Å²) in [5.41, 5.74) is 0.783. The maximum atomic E-state index is 12.5. The van der Waals surface area contributed by atoms with Gasteiger partial charge < -0.3 is 5.32 Å². The van der Waals surface area contributed by atoms with Crippen molar-refractivity contribution in [3.63, 3.8) is 0 Å². The highest BCUT2D eigenvalue weighted by Gasteiger charge is 2.15. The second-order valence-electron chi connectivity index (χ2n) is 5.45. The van der Waals surface area contributed by atoms with Gasteiger partial charge in [-0.2, -0.15) is 0 Å². The molecule has 0 radical (unpaired) electrons. The van der Waals surface area contributed by atoms with Crippen LogP contribution in [0.1, 0.15) is 4.88 Å². The molecule has 1 heterocycles. The van der Waals surface area contributed by atoms with Crippen molar-refractivity contribution in [2.45, 2.75) is 11.3 Å². The van der Waals surface area contributed by atoms with Gasteiger partial charge in [0, 0.05) is 15.6 Å². The molecule has 5 nitrogen and oxygen atoms in total. The fraction of sp³-hybridized carbons (Fsp3) is 0.0556. The number of anilines is 2. The molecule has 8 heteroatoms. The summed E-state index contributed by atoms with van der Waals surface area (Å²) in [7, 11) is -3.80. The van der Waals surface area contributed by atoms with Crippen molar-refractivity contribution in [2.24, 2.45) is 0 Å². The van der Waals surface area contributed by atoms with Gasteiger partial charge in [-0.15, -0.1) is 11.3 Å². The summed E-state index contributed by atoms with van der Waals surface area (Å²) in [4.78, 5) is 13.1. The number of halogens is 1. The molecule has 134 valence electrons. The molecule has 0 spiro atoms. The van der Waals surface area contributed by atoms with Gasteiger partial charge in [-0.1, -0.05) is 29.8 Å². The Morgan fingerprint density at radius 2 is 1.77 bits per heavy atom. The van der Waals surface area contributed by atoms with Gasteiger partial charge in [0.1, 0.15) is 0 Å². The summed E-state index contributed by atoms with van der Waals surface area (Å²) in [6.07, 6.45) is 0.245. The van der Waals surface area contributed by atoms with Crippen LogP contribution in [0.15, 0.2) is 70.9 Å². The van der Waals surface area contributed by atoms with E-state index in [1.165, 1.54) is 29.5 Å². The van der Waals surface area contributed by atoms with Crippen molar-refractivity contribution in [3.05, 3.63) is 75.9 Å². The minimum absolute atomic E-state index is 0.0476. The van der Waals surface area contributed by atoms with Crippen LogP contribution >= 0.6 is 22.9 Å². The van der Waals surface area contributed by atoms with Crippen LogP contribution in [-0.2, 0) is 21.2 Å². The van der Waals surface area contributed by atoms with E-state index in [1.807, 2.05) is 17.5 Å². The molecule has 0 bridgehead atoms. The molecule has 0 saturated carbocycles. The second kappa shape index (κ2) is 7.90. The van der Waals surface area contributed by atoms with Crippen molar-refractivity contribution >= 4 is 50.2 Å². The number of benzene rings is 2. The normalized spacial score (nSPS) is 11.1. The SMILES string of the molecule is O=C(Cc1cccs1)Nc1cccc(S(=O)(=O)Nc2cccc(Cl)c2)c1. The predicted molar refractivity (Wildman–Crippen MR) is 105 cm³/mol. The summed E-state index contributed by atoms with van der Waals surface area (Å²) >= 11 is 7.37. The third-order valence-electron chi connectivity index (χ3n) is 3.42. The van der Waals surface area contributed by atoms with E-state index in [1.54, 1.807) is 30.3 Å². The number of carbonyl (C=O) groups excluding carboxylic acids is 1. The van der Waals surface area contributed by atoms with Crippen LogP contribution in [0.5, 0.6) is 0 Å². The van der Waals surface area contributed by atoms with Crippen LogP contribution in [0.3, 0.4) is 0 Å². The summed E-state index contributed by atoms with van der Waals surface area (Å²) in [6.45, 7) is 0. The monoisotopic (exact) mass is 406 g/mol. The molecule has 2 N–H and O–H groups in total. The quantitative estimate of drug-likeness (QED) is 0.637. The maximum Gasteiger partial charge on any atom is 0.261 e. The first-order valence-corrected chi connectivity index (χ1v) is 10.4. The van der Waals surface area contributed by atoms with Crippen molar-refractivity contribution in [3.8, 4) is 0 Å². The molecule has 3 rings (SSSR count). The van der Waals surface area contributed by atoms with Gasteiger partial charge in [-0.25, -0.2) is 8.42 Å². The molecule has 0 atom stereocenters. The number of hydrogen-bond donors (Lipinski definition) is 2. The zero-order valence-electron chi connectivity index (χ0n) is 13.5. The van der Waals surface area contributed by atoms with Crippen molar-refractivity contribution in [2.75, 3.05) is 10.0 Å². The van der Waals surface area contributed by atoms with Gasteiger partial charge in [0.15, 0.2) is 0 Å². The minimum atomic E-state index is -3.80. The molecule has 1 amide bonds. The molecule has 0 aliphatic carbocycles. The number of carbonyl (C=O) groups is 1. The van der Waals surface area contributed by atoms with Crippen molar-refractivity contribution in [1.29, 1.82) is 0 Å². The highest BCUT2D eigenvalue weighted by atomic mass is 35.5. The largest absolute Gasteiger partial charge is 0.326 e. The maximum absolute atomic E-state index is 12.5. The van der Waals surface area contributed by atoms with E-state index in [9.17, 15) is 13.2 Å². The highest BCUT2D eigenvalue weighted by molar-refractivity contribution is 7.92. The summed E-state index contributed by atoms with van der Waals surface area (Å²) in [6, 6.07) is 16.3. The molecule has 3 aromatic rings. The number of amides is 1. The van der Waals surface area contributed by atoms with E-state index in [0.29, 0.717) is 16.4 Å². The Morgan fingerprint density at radius 1 is 1.00 bits per heavy atom. The van der Waals surface area contributed by atoms with E-state index < -0.39 is 10.0 Å². The van der Waals surface area contributed by atoms with Gasteiger partial charge in [0.25, 0.3) is 10.0 Å². The van der Waals surface area contributed by atoms with Crippen LogP contribution in [-0.4, -0.2) is 14.3 Å². The molecule has 0 saturated heterocycles. The summed E-state index contributed by atoms with van der Waals surface area (Å²) in [5, 5.41) is 5.05. The lowest BCUT2D eigenvalue weighted by atomic mass is 10.3. The number of hydrogen-bond acceptors (Lipinski definition) is 4. The molecule has 0 aliphatic heterocycles. The molecular weight excluding hydrogens is 392 g/mol. The van der Waals surface area contributed by atoms with Gasteiger partial charge in [0.05, 0.1) is 17.0 Å². The number of nitrogens with one attached hydrogen (secondary N) is 2. The molecule has 26 heavy (non-hydrogen) atoms. The Balaban J connectivity index is 1.74. The van der Waals surface area contributed by atoms with Gasteiger partial charge in [0.2, 0.25) is 5.91 Å². The lowest BCUT2D eigenvalue weighted by molar-refractivity contribution is -0.115. The molecule has 0 unspecified atom stereocenters. The van der Waals surface area contributed by atoms with E-state index in [4.69, 9.17) is 11.6 Å². The zero-order chi connectivity index (χ0) is 18.6. The van der Waals surface area contributed by atoms with Crippen LogP contribution in [0.2, 0.25) is 5.02 Å². The van der Waals surface area contributed by atoms with Crippen molar-refractivity contribution in [1.82, 2.24) is 0 Å². The lowest BCUT2D eigenvalue weighted by Gasteiger charge is -2.10. The fourth-order valence-electron chi connectivity index (χ4n) is 2.28. The Hall–Kier alpha value is -2.35. The standard InChI is InChI=1S/C18H15ClN2O3S2/c19-13-4-1-6-15(10-13)21-26(23,24)17-8-2-5-14(11-17)20-18(22)12-16-7-3-9-25-16/h1-11,21H,12H2,(H,20,22). The second-order valence-corrected chi connectivity index (χ2v) is 8.60. The Labute approximate surface area is 160 Å². The smallest absolute Gasteiger partial charge is 0.261 e. The van der Waals surface area contributed by atoms with Gasteiger partial charge in [-0.3, -0.25) is 9.52 Å². The lowest BCUT2D eigenvalue weighted by Crippen LogP contribution is -2.16. The van der Waals surface area contributed by atoms with Crippen LogP contribution in [0.25, 0.3) is 0 Å². The Kier molecular flexibility index (Phi) is 5.61. The number of sulfonamides is 1. The highest BCUT2D eigenvalue weighted by Crippen LogP contribution is 2.21. The van der Waals surface area contributed by atoms with E-state index in [-0.39, 0.29) is 17.2 Å². The molecule has 2 aromatic carbocycles. The van der Waals surface area contributed by atoms with Crippen LogP contribution in [0, 0.1) is 0 Å². The third-order valence-corrected chi connectivity index (χ3v) is 5.91. The molecular formula is C18H15ClN2O3S2. The first-order chi connectivity index (χ1) is 12.4. The third kappa shape index (κ3) is 4.85. The van der Waals surface area contributed by atoms with Crippen LogP contribution < -0.4 is 10.0 Å². The summed E-state index contributed by atoms with van der Waals surface area (Å²) in [5.74, 6) is -0.204. The van der Waals surface area contributed by atoms with Crippen LogP contribution in [0.4, 0.5) is 11.4 Å². The van der Waals surface area contributed by atoms with E-state index in [2.05, 4.69) is 10.0 Å². The van der Waals surface area contributed by atoms with Gasteiger partial charge >= 0.3 is 0 Å².